The summed E-state index contributed by atoms with van der Waals surface area (Å²) >= 11 is 0. The van der Waals surface area contributed by atoms with Crippen LogP contribution >= 0.6 is 0 Å². The number of aliphatic hydroxyl groups excluding tert-OH is 3. The topological polar surface area (TPSA) is 232 Å². The zero-order valence-corrected chi connectivity index (χ0v) is 18.7. The summed E-state index contributed by atoms with van der Waals surface area (Å²) in [6, 6.07) is -6.70. The number of nitrogens with zero attached hydrogens (tertiary/aromatic N) is 1. The summed E-state index contributed by atoms with van der Waals surface area (Å²) in [5.41, 5.74) is 5.40. The molecule has 0 aromatic carbocycles. The summed E-state index contributed by atoms with van der Waals surface area (Å²) in [7, 11) is 0. The van der Waals surface area contributed by atoms with Crippen LogP contribution in [0.4, 0.5) is 0 Å². The molecule has 7 atom stereocenters. The summed E-state index contributed by atoms with van der Waals surface area (Å²) < 4.78 is 0. The molecule has 1 fully saturated rings. The number of hydrogen-bond donors (Lipinski definition) is 8. The number of carbonyl (C=O) groups is 5. The number of rotatable bonds is 11. The van der Waals surface area contributed by atoms with E-state index in [1.54, 1.807) is 0 Å². The van der Waals surface area contributed by atoms with Crippen LogP contribution in [0.2, 0.25) is 0 Å². The molecule has 0 aliphatic carbocycles. The van der Waals surface area contributed by atoms with Crippen LogP contribution in [0, 0.1) is 0 Å². The second kappa shape index (κ2) is 12.4. The van der Waals surface area contributed by atoms with Gasteiger partial charge in [-0.25, -0.2) is 4.79 Å². The Balaban J connectivity index is 2.96. The lowest BCUT2D eigenvalue weighted by Crippen LogP contribution is -2.62. The maximum Gasteiger partial charge on any atom is 0.326 e. The fraction of sp³-hybridized carbons (Fsp3) is 0.737. The highest BCUT2D eigenvalue weighted by molar-refractivity contribution is 5.96. The normalized spacial score (nSPS) is 21.2. The first-order valence-electron chi connectivity index (χ1n) is 10.5. The Morgan fingerprint density at radius 3 is 1.94 bits per heavy atom. The molecule has 33 heavy (non-hydrogen) atoms. The number of likely N-dealkylation sites (tertiary alicyclic amines) is 1. The predicted molar refractivity (Wildman–Crippen MR) is 112 cm³/mol. The van der Waals surface area contributed by atoms with E-state index in [0.29, 0.717) is 6.42 Å². The molecule has 0 aromatic rings. The Bertz CT molecular complexity index is 743. The lowest BCUT2D eigenvalue weighted by molar-refractivity contribution is -0.151. The van der Waals surface area contributed by atoms with Crippen LogP contribution in [0.25, 0.3) is 0 Å². The van der Waals surface area contributed by atoms with Crippen LogP contribution in [0.3, 0.4) is 0 Å². The van der Waals surface area contributed by atoms with Gasteiger partial charge in [-0.05, 0) is 33.6 Å². The van der Waals surface area contributed by atoms with Gasteiger partial charge in [-0.15, -0.1) is 0 Å². The largest absolute Gasteiger partial charge is 0.480 e. The first kappa shape index (κ1) is 28.2. The Morgan fingerprint density at radius 2 is 1.48 bits per heavy atom. The quantitative estimate of drug-likeness (QED) is 0.143. The van der Waals surface area contributed by atoms with Crippen LogP contribution in [0.1, 0.15) is 33.6 Å². The van der Waals surface area contributed by atoms with Crippen LogP contribution in [0.15, 0.2) is 0 Å². The summed E-state index contributed by atoms with van der Waals surface area (Å²) in [4.78, 5) is 62.1. The number of hydrogen-bond acceptors (Lipinski definition) is 9. The lowest BCUT2D eigenvalue weighted by Gasteiger charge is -2.31. The minimum atomic E-state index is -1.62. The number of amides is 4. The standard InChI is InChI=1S/C19H33N5O9/c1-8(20)15(28)21-11(7-25)16(29)22-13(9(2)26)17(30)23-14(10(3)27)18(31)24-6-4-5-12(24)19(32)33/h8-14,25-27H,4-7,20H2,1-3H3,(H,21,28)(H,22,29)(H,23,30)(H,32,33)/t8-,9+,10+,11-,12-,13-,14-/m0/s1. The molecule has 0 radical (unpaired) electrons. The maximum absolute atomic E-state index is 12.8. The van der Waals surface area contributed by atoms with Crippen molar-refractivity contribution in [1.29, 1.82) is 0 Å². The van der Waals surface area contributed by atoms with E-state index in [2.05, 4.69) is 16.0 Å². The van der Waals surface area contributed by atoms with Gasteiger partial charge in [-0.3, -0.25) is 19.2 Å². The third-order valence-electron chi connectivity index (χ3n) is 5.16. The molecule has 188 valence electrons. The molecule has 14 nitrogen and oxygen atoms in total. The smallest absolute Gasteiger partial charge is 0.326 e. The number of carboxylic acid groups (broad SMARTS) is 1. The SMILES string of the molecule is C[C@H](N)C(=O)N[C@@H](CO)C(=O)N[C@H](C(=O)N[C@H](C(=O)N1CCC[C@H]1C(=O)O)[C@@H](C)O)[C@@H](C)O. The molecule has 0 unspecified atom stereocenters. The molecule has 1 aliphatic rings. The number of nitrogens with two attached hydrogens (primary N) is 1. The predicted octanol–water partition coefficient (Wildman–Crippen LogP) is -4.38. The fourth-order valence-electron chi connectivity index (χ4n) is 3.25. The third-order valence-corrected chi connectivity index (χ3v) is 5.16. The Labute approximate surface area is 190 Å². The van der Waals surface area contributed by atoms with E-state index in [0.717, 1.165) is 4.90 Å². The lowest BCUT2D eigenvalue weighted by atomic mass is 10.1. The first-order chi connectivity index (χ1) is 15.3. The van der Waals surface area contributed by atoms with Crippen molar-refractivity contribution in [2.45, 2.75) is 76.0 Å². The van der Waals surface area contributed by atoms with Crippen molar-refractivity contribution < 1.29 is 44.4 Å². The van der Waals surface area contributed by atoms with Gasteiger partial charge in [0.25, 0.3) is 0 Å². The van der Waals surface area contributed by atoms with E-state index in [9.17, 15) is 44.4 Å². The molecule has 0 bridgehead atoms. The highest BCUT2D eigenvalue weighted by Crippen LogP contribution is 2.19. The van der Waals surface area contributed by atoms with Gasteiger partial charge in [-0.1, -0.05) is 0 Å². The van der Waals surface area contributed by atoms with E-state index in [1.807, 2.05) is 0 Å². The van der Waals surface area contributed by atoms with Crippen molar-refractivity contribution in [2.75, 3.05) is 13.2 Å². The summed E-state index contributed by atoms with van der Waals surface area (Å²) in [5, 5.41) is 45.3. The molecule has 0 saturated carbocycles. The molecule has 0 aromatic heterocycles. The van der Waals surface area contributed by atoms with Crippen molar-refractivity contribution in [3.05, 3.63) is 0 Å². The number of aliphatic hydroxyl groups is 3. The second-order valence-electron chi connectivity index (χ2n) is 8.01. The second-order valence-corrected chi connectivity index (χ2v) is 8.01. The van der Waals surface area contributed by atoms with Gasteiger partial charge in [0.05, 0.1) is 24.9 Å². The van der Waals surface area contributed by atoms with Crippen LogP contribution in [-0.2, 0) is 24.0 Å². The van der Waals surface area contributed by atoms with Crippen LogP contribution < -0.4 is 21.7 Å². The van der Waals surface area contributed by atoms with Crippen molar-refractivity contribution in [3.8, 4) is 0 Å². The van der Waals surface area contributed by atoms with Crippen molar-refractivity contribution in [1.82, 2.24) is 20.9 Å². The van der Waals surface area contributed by atoms with E-state index in [1.165, 1.54) is 20.8 Å². The van der Waals surface area contributed by atoms with Crippen molar-refractivity contribution in [3.63, 3.8) is 0 Å². The van der Waals surface area contributed by atoms with Gasteiger partial charge in [0.15, 0.2) is 0 Å². The fourth-order valence-corrected chi connectivity index (χ4v) is 3.25. The molecule has 1 saturated heterocycles. The monoisotopic (exact) mass is 475 g/mol. The summed E-state index contributed by atoms with van der Waals surface area (Å²) in [5.74, 6) is -4.82. The minimum absolute atomic E-state index is 0.128. The zero-order valence-electron chi connectivity index (χ0n) is 18.7. The number of aliphatic carboxylic acids is 1. The molecular formula is C19H33N5O9. The van der Waals surface area contributed by atoms with Crippen molar-refractivity contribution in [2.24, 2.45) is 5.73 Å². The van der Waals surface area contributed by atoms with E-state index in [4.69, 9.17) is 5.73 Å². The van der Waals surface area contributed by atoms with Gasteiger partial charge in [0.2, 0.25) is 23.6 Å². The van der Waals surface area contributed by atoms with Crippen molar-refractivity contribution >= 4 is 29.6 Å². The molecule has 1 aliphatic heterocycles. The number of carboxylic acids is 1. The molecular weight excluding hydrogens is 442 g/mol. The van der Waals surface area contributed by atoms with Gasteiger partial charge >= 0.3 is 5.97 Å². The van der Waals surface area contributed by atoms with Gasteiger partial charge in [0.1, 0.15) is 24.2 Å². The highest BCUT2D eigenvalue weighted by Gasteiger charge is 2.40. The average Bonchev–Trinajstić information content (AvgIpc) is 3.22. The summed E-state index contributed by atoms with van der Waals surface area (Å²) in [6.07, 6.45) is -2.23. The molecule has 4 amide bonds. The number of nitrogens with one attached hydrogen (secondary N) is 3. The minimum Gasteiger partial charge on any atom is -0.480 e. The zero-order chi connectivity index (χ0) is 25.5. The average molecular weight is 475 g/mol. The molecule has 1 rings (SSSR count). The van der Waals surface area contributed by atoms with Gasteiger partial charge in [0, 0.05) is 6.54 Å². The van der Waals surface area contributed by atoms with Crippen LogP contribution in [0.5, 0.6) is 0 Å². The maximum atomic E-state index is 12.8. The number of carbonyl (C=O) groups excluding carboxylic acids is 4. The summed E-state index contributed by atoms with van der Waals surface area (Å²) in [6.45, 7) is 3.06. The van der Waals surface area contributed by atoms with Crippen LogP contribution in [-0.4, -0.2) is 110 Å². The first-order valence-corrected chi connectivity index (χ1v) is 10.5. The Morgan fingerprint density at radius 1 is 0.939 bits per heavy atom. The van der Waals surface area contributed by atoms with E-state index in [-0.39, 0.29) is 13.0 Å². The van der Waals surface area contributed by atoms with E-state index < -0.39 is 78.6 Å². The molecule has 14 heteroatoms. The molecule has 1 heterocycles. The van der Waals surface area contributed by atoms with E-state index >= 15 is 0 Å². The van der Waals surface area contributed by atoms with Gasteiger partial charge < -0.3 is 47.0 Å². The highest BCUT2D eigenvalue weighted by atomic mass is 16.4. The molecule has 0 spiro atoms. The van der Waals surface area contributed by atoms with Gasteiger partial charge in [-0.2, -0.15) is 0 Å². The molecule has 9 N–H and O–H groups in total. The Hall–Kier alpha value is -2.81. The third kappa shape index (κ3) is 7.63. The Kier molecular flexibility index (Phi) is 10.6.